The van der Waals surface area contributed by atoms with Crippen molar-refractivity contribution < 1.29 is 4.79 Å². The minimum absolute atomic E-state index is 0.0407. The highest BCUT2D eigenvalue weighted by Crippen LogP contribution is 2.42. The molecule has 2 aromatic heterocycles. The van der Waals surface area contributed by atoms with Crippen LogP contribution in [0.5, 0.6) is 0 Å². The van der Waals surface area contributed by atoms with E-state index in [0.717, 1.165) is 35.1 Å². The summed E-state index contributed by atoms with van der Waals surface area (Å²) < 4.78 is 2.21. The van der Waals surface area contributed by atoms with Gasteiger partial charge in [0.25, 0.3) is 0 Å². The van der Waals surface area contributed by atoms with E-state index in [-0.39, 0.29) is 11.2 Å². The number of nitrogens with zero attached hydrogens (tertiary/aromatic N) is 3. The van der Waals surface area contributed by atoms with Crippen molar-refractivity contribution in [2.75, 3.05) is 6.54 Å². The van der Waals surface area contributed by atoms with Gasteiger partial charge in [-0.1, -0.05) is 48.2 Å². The first-order valence-electron chi connectivity index (χ1n) is 9.19. The van der Waals surface area contributed by atoms with Gasteiger partial charge >= 0.3 is 0 Å². The first-order valence-corrected chi connectivity index (χ1v) is 11.0. The van der Waals surface area contributed by atoms with Gasteiger partial charge in [-0.3, -0.25) is 9.36 Å². The Labute approximate surface area is 167 Å². The molecule has 27 heavy (non-hydrogen) atoms. The highest BCUT2D eigenvalue weighted by Gasteiger charge is 2.31. The Morgan fingerprint density at radius 3 is 2.78 bits per heavy atom. The quantitative estimate of drug-likeness (QED) is 0.578. The molecule has 3 aromatic rings. The summed E-state index contributed by atoms with van der Waals surface area (Å²) in [6.45, 7) is 2.57. The molecule has 7 heteroatoms. The second-order valence-electron chi connectivity index (χ2n) is 6.67. The van der Waals surface area contributed by atoms with E-state index in [0.29, 0.717) is 12.6 Å². The second kappa shape index (κ2) is 8.27. The normalized spacial score (nSPS) is 14.9. The molecule has 0 radical (unpaired) electrons. The Morgan fingerprint density at radius 1 is 1.26 bits per heavy atom. The maximum absolute atomic E-state index is 12.5. The summed E-state index contributed by atoms with van der Waals surface area (Å²) in [5, 5.41) is 14.5. The number of aromatic nitrogens is 3. The van der Waals surface area contributed by atoms with Crippen LogP contribution < -0.4 is 5.32 Å². The van der Waals surface area contributed by atoms with Crippen LogP contribution in [-0.4, -0.2) is 32.5 Å². The fourth-order valence-electron chi connectivity index (χ4n) is 2.92. The molecule has 0 bridgehead atoms. The van der Waals surface area contributed by atoms with Crippen LogP contribution >= 0.6 is 23.1 Å². The first-order chi connectivity index (χ1) is 13.2. The largest absolute Gasteiger partial charge is 0.355 e. The summed E-state index contributed by atoms with van der Waals surface area (Å²) >= 11 is 3.16. The zero-order valence-electron chi connectivity index (χ0n) is 15.2. The number of thioether (sulfide) groups is 1. The minimum Gasteiger partial charge on any atom is -0.355 e. The molecular weight excluding hydrogens is 376 g/mol. The molecule has 0 spiro atoms. The van der Waals surface area contributed by atoms with E-state index in [1.165, 1.54) is 17.3 Å². The Balaban J connectivity index is 1.38. The van der Waals surface area contributed by atoms with E-state index in [4.69, 9.17) is 0 Å². The summed E-state index contributed by atoms with van der Waals surface area (Å²) in [6.07, 6.45) is 3.15. The van der Waals surface area contributed by atoms with Gasteiger partial charge in [0.15, 0.2) is 11.0 Å². The van der Waals surface area contributed by atoms with Gasteiger partial charge < -0.3 is 5.32 Å². The van der Waals surface area contributed by atoms with Gasteiger partial charge in [-0.2, -0.15) is 0 Å². The van der Waals surface area contributed by atoms with E-state index in [2.05, 4.69) is 43.7 Å². The van der Waals surface area contributed by atoms with Crippen LogP contribution in [0.2, 0.25) is 0 Å². The maximum atomic E-state index is 12.5. The van der Waals surface area contributed by atoms with Gasteiger partial charge in [-0.25, -0.2) is 0 Å². The smallest absolute Gasteiger partial charge is 0.233 e. The summed E-state index contributed by atoms with van der Waals surface area (Å²) in [4.78, 5) is 13.6. The van der Waals surface area contributed by atoms with Gasteiger partial charge in [0.05, 0.1) is 10.1 Å². The predicted molar refractivity (Wildman–Crippen MR) is 110 cm³/mol. The van der Waals surface area contributed by atoms with Crippen LogP contribution in [0.4, 0.5) is 0 Å². The lowest BCUT2D eigenvalue weighted by Crippen LogP contribution is -2.32. The fraction of sp³-hybridized carbons (Fsp3) is 0.350. The van der Waals surface area contributed by atoms with Crippen molar-refractivity contribution in [1.82, 2.24) is 20.1 Å². The molecule has 1 unspecified atom stereocenters. The molecule has 1 aliphatic rings. The van der Waals surface area contributed by atoms with Crippen LogP contribution in [0.3, 0.4) is 0 Å². The molecule has 1 fully saturated rings. The van der Waals surface area contributed by atoms with Crippen molar-refractivity contribution in [1.29, 1.82) is 0 Å². The standard InChI is InChI=1S/C20H22N4OS2/c1-14(19(25)21-12-11-15-6-3-2-4-7-15)27-20-23-22-18(17-8-5-13-26-17)24(20)16-9-10-16/h2-8,13-14,16H,9-12H2,1H3,(H,21,25). The van der Waals surface area contributed by atoms with Gasteiger partial charge in [0, 0.05) is 12.6 Å². The lowest BCUT2D eigenvalue weighted by molar-refractivity contribution is -0.120. The minimum atomic E-state index is -0.210. The number of amides is 1. The molecule has 1 aromatic carbocycles. The van der Waals surface area contributed by atoms with Gasteiger partial charge in [-0.15, -0.1) is 21.5 Å². The third-order valence-corrected chi connectivity index (χ3v) is 6.45. The van der Waals surface area contributed by atoms with Gasteiger partial charge in [0.2, 0.25) is 5.91 Å². The summed E-state index contributed by atoms with van der Waals surface area (Å²) in [6, 6.07) is 14.8. The monoisotopic (exact) mass is 398 g/mol. The maximum Gasteiger partial charge on any atom is 0.233 e. The SMILES string of the molecule is CC(Sc1nnc(-c2cccs2)n1C1CC1)C(=O)NCCc1ccccc1. The molecule has 5 nitrogen and oxygen atoms in total. The molecule has 1 N–H and O–H groups in total. The summed E-state index contributed by atoms with van der Waals surface area (Å²) in [7, 11) is 0. The Morgan fingerprint density at radius 2 is 2.07 bits per heavy atom. The van der Waals surface area contributed by atoms with E-state index in [1.54, 1.807) is 11.3 Å². The number of hydrogen-bond acceptors (Lipinski definition) is 5. The van der Waals surface area contributed by atoms with Crippen LogP contribution in [0.25, 0.3) is 10.7 Å². The number of thiophene rings is 1. The zero-order valence-corrected chi connectivity index (χ0v) is 16.8. The number of carbonyl (C=O) groups excluding carboxylic acids is 1. The molecule has 140 valence electrons. The third-order valence-electron chi connectivity index (χ3n) is 4.53. The third kappa shape index (κ3) is 4.42. The molecule has 1 aliphatic carbocycles. The van der Waals surface area contributed by atoms with E-state index in [1.807, 2.05) is 31.2 Å². The summed E-state index contributed by atoms with van der Waals surface area (Å²) in [5.74, 6) is 0.964. The van der Waals surface area contributed by atoms with Crippen molar-refractivity contribution >= 4 is 29.0 Å². The molecule has 1 atom stereocenters. The average Bonchev–Trinajstić information content (AvgIpc) is 3.21. The topological polar surface area (TPSA) is 59.8 Å². The average molecular weight is 399 g/mol. The number of benzene rings is 1. The van der Waals surface area contributed by atoms with Crippen molar-refractivity contribution in [3.8, 4) is 10.7 Å². The number of carbonyl (C=O) groups is 1. The van der Waals surface area contributed by atoms with E-state index in [9.17, 15) is 4.79 Å². The highest BCUT2D eigenvalue weighted by atomic mass is 32.2. The molecule has 2 heterocycles. The fourth-order valence-corrected chi connectivity index (χ4v) is 4.57. The van der Waals surface area contributed by atoms with Crippen molar-refractivity contribution in [2.45, 2.75) is 42.6 Å². The Kier molecular flexibility index (Phi) is 5.59. The lowest BCUT2D eigenvalue weighted by atomic mass is 10.1. The van der Waals surface area contributed by atoms with Crippen LogP contribution in [0.1, 0.15) is 31.4 Å². The molecule has 0 saturated heterocycles. The molecule has 1 amide bonds. The van der Waals surface area contributed by atoms with E-state index < -0.39 is 0 Å². The number of nitrogens with one attached hydrogen (secondary N) is 1. The predicted octanol–water partition coefficient (Wildman–Crippen LogP) is 4.18. The Hall–Kier alpha value is -2.12. The first kappa shape index (κ1) is 18.3. The molecule has 4 rings (SSSR count). The Bertz CT molecular complexity index is 888. The molecular formula is C20H22N4OS2. The second-order valence-corrected chi connectivity index (χ2v) is 8.93. The van der Waals surface area contributed by atoms with Crippen LogP contribution in [0, 0.1) is 0 Å². The molecule has 1 saturated carbocycles. The number of hydrogen-bond donors (Lipinski definition) is 1. The highest BCUT2D eigenvalue weighted by molar-refractivity contribution is 8.00. The van der Waals surface area contributed by atoms with Crippen LogP contribution in [-0.2, 0) is 11.2 Å². The van der Waals surface area contributed by atoms with Crippen molar-refractivity contribution in [3.05, 3.63) is 53.4 Å². The van der Waals surface area contributed by atoms with Crippen LogP contribution in [0.15, 0.2) is 53.0 Å². The lowest BCUT2D eigenvalue weighted by Gasteiger charge is -2.13. The summed E-state index contributed by atoms with van der Waals surface area (Å²) in [5.41, 5.74) is 1.23. The van der Waals surface area contributed by atoms with Crippen molar-refractivity contribution in [3.63, 3.8) is 0 Å². The van der Waals surface area contributed by atoms with Gasteiger partial charge in [0.1, 0.15) is 0 Å². The molecule has 0 aliphatic heterocycles. The van der Waals surface area contributed by atoms with E-state index >= 15 is 0 Å². The van der Waals surface area contributed by atoms with Gasteiger partial charge in [-0.05, 0) is 43.2 Å². The zero-order chi connectivity index (χ0) is 18.6. The van der Waals surface area contributed by atoms with Crippen molar-refractivity contribution in [2.24, 2.45) is 0 Å². The number of rotatable bonds is 8.